The SMILES string of the molecule is COCCNC(=O)c1ccccc1NC(=O)CN(c1ccc(Cl)cc1C)S(C)(=O)=O. The van der Waals surface area contributed by atoms with Gasteiger partial charge in [-0.05, 0) is 42.8 Å². The number of rotatable bonds is 9. The molecule has 0 atom stereocenters. The maximum absolute atomic E-state index is 12.7. The Hall–Kier alpha value is -2.62. The first-order chi connectivity index (χ1) is 14.1. The van der Waals surface area contributed by atoms with Crippen molar-refractivity contribution < 1.29 is 22.7 Å². The fourth-order valence-electron chi connectivity index (χ4n) is 2.75. The molecule has 2 rings (SSSR count). The van der Waals surface area contributed by atoms with E-state index in [1.54, 1.807) is 49.4 Å². The van der Waals surface area contributed by atoms with Crippen LogP contribution in [0.3, 0.4) is 0 Å². The van der Waals surface area contributed by atoms with Gasteiger partial charge in [-0.1, -0.05) is 23.7 Å². The molecule has 0 aliphatic carbocycles. The van der Waals surface area contributed by atoms with E-state index >= 15 is 0 Å². The maximum Gasteiger partial charge on any atom is 0.253 e. The van der Waals surface area contributed by atoms with E-state index in [1.165, 1.54) is 7.11 Å². The monoisotopic (exact) mass is 453 g/mol. The molecule has 0 heterocycles. The number of methoxy groups -OCH3 is 1. The third kappa shape index (κ3) is 6.45. The average Bonchev–Trinajstić information content (AvgIpc) is 2.66. The molecule has 0 spiro atoms. The normalized spacial score (nSPS) is 11.1. The van der Waals surface area contributed by atoms with E-state index in [2.05, 4.69) is 10.6 Å². The third-order valence-corrected chi connectivity index (χ3v) is 5.51. The quantitative estimate of drug-likeness (QED) is 0.567. The number of aryl methyl sites for hydroxylation is 1. The van der Waals surface area contributed by atoms with Gasteiger partial charge in [0.1, 0.15) is 6.54 Å². The van der Waals surface area contributed by atoms with Crippen molar-refractivity contribution in [3.63, 3.8) is 0 Å². The largest absolute Gasteiger partial charge is 0.383 e. The molecule has 2 aromatic rings. The average molecular weight is 454 g/mol. The number of para-hydroxylation sites is 1. The van der Waals surface area contributed by atoms with Crippen LogP contribution in [0, 0.1) is 6.92 Å². The Morgan fingerprint density at radius 3 is 2.50 bits per heavy atom. The van der Waals surface area contributed by atoms with E-state index in [4.69, 9.17) is 16.3 Å². The van der Waals surface area contributed by atoms with Gasteiger partial charge >= 0.3 is 0 Å². The van der Waals surface area contributed by atoms with Gasteiger partial charge < -0.3 is 15.4 Å². The summed E-state index contributed by atoms with van der Waals surface area (Å²) in [6.45, 7) is 1.91. The second-order valence-corrected chi connectivity index (χ2v) is 8.89. The molecular weight excluding hydrogens is 430 g/mol. The number of anilines is 2. The molecule has 0 saturated carbocycles. The van der Waals surface area contributed by atoms with Gasteiger partial charge in [0, 0.05) is 18.7 Å². The van der Waals surface area contributed by atoms with Crippen LogP contribution in [0.5, 0.6) is 0 Å². The Bertz CT molecular complexity index is 1030. The fourth-order valence-corrected chi connectivity index (χ4v) is 3.89. The van der Waals surface area contributed by atoms with Gasteiger partial charge in [0.05, 0.1) is 29.8 Å². The molecule has 0 fully saturated rings. The number of hydrogen-bond donors (Lipinski definition) is 2. The lowest BCUT2D eigenvalue weighted by molar-refractivity contribution is -0.114. The third-order valence-electron chi connectivity index (χ3n) is 4.15. The summed E-state index contributed by atoms with van der Waals surface area (Å²) in [7, 11) is -2.22. The predicted octanol–water partition coefficient (Wildman–Crippen LogP) is 2.43. The van der Waals surface area contributed by atoms with Gasteiger partial charge in [-0.25, -0.2) is 8.42 Å². The first kappa shape index (κ1) is 23.7. The molecular formula is C20H24ClN3O5S. The van der Waals surface area contributed by atoms with Crippen LogP contribution in [0.2, 0.25) is 5.02 Å². The van der Waals surface area contributed by atoms with Crippen LogP contribution in [0.15, 0.2) is 42.5 Å². The van der Waals surface area contributed by atoms with E-state index in [0.717, 1.165) is 10.6 Å². The first-order valence-corrected chi connectivity index (χ1v) is 11.3. The number of ether oxygens (including phenoxy) is 1. The van der Waals surface area contributed by atoms with Crippen molar-refractivity contribution in [1.29, 1.82) is 0 Å². The lowest BCUT2D eigenvalue weighted by Gasteiger charge is -2.24. The predicted molar refractivity (Wildman–Crippen MR) is 118 cm³/mol. The number of hydrogen-bond acceptors (Lipinski definition) is 5. The summed E-state index contributed by atoms with van der Waals surface area (Å²) in [6.07, 6.45) is 1.02. The minimum absolute atomic E-state index is 0.260. The van der Waals surface area contributed by atoms with Gasteiger partial charge in [0.15, 0.2) is 0 Å². The zero-order valence-electron chi connectivity index (χ0n) is 16.9. The lowest BCUT2D eigenvalue weighted by atomic mass is 10.1. The first-order valence-electron chi connectivity index (χ1n) is 9.03. The van der Waals surface area contributed by atoms with Crippen molar-refractivity contribution in [2.24, 2.45) is 0 Å². The van der Waals surface area contributed by atoms with Crippen molar-refractivity contribution in [3.05, 3.63) is 58.6 Å². The van der Waals surface area contributed by atoms with E-state index in [-0.39, 0.29) is 17.2 Å². The molecule has 2 N–H and O–H groups in total. The molecule has 2 aromatic carbocycles. The van der Waals surface area contributed by atoms with E-state index in [0.29, 0.717) is 29.4 Å². The summed E-state index contributed by atoms with van der Waals surface area (Å²) in [6, 6.07) is 11.2. The molecule has 0 aliphatic heterocycles. The fraction of sp³-hybridized carbons (Fsp3) is 0.300. The zero-order chi connectivity index (χ0) is 22.3. The van der Waals surface area contributed by atoms with Crippen LogP contribution in [-0.2, 0) is 19.6 Å². The van der Waals surface area contributed by atoms with Gasteiger partial charge in [0.25, 0.3) is 5.91 Å². The number of amides is 2. The molecule has 0 radical (unpaired) electrons. The Labute approximate surface area is 181 Å². The number of carbonyl (C=O) groups excluding carboxylic acids is 2. The Morgan fingerprint density at radius 2 is 1.87 bits per heavy atom. The highest BCUT2D eigenvalue weighted by Crippen LogP contribution is 2.25. The summed E-state index contributed by atoms with van der Waals surface area (Å²) < 4.78 is 30.5. The Morgan fingerprint density at radius 1 is 1.17 bits per heavy atom. The van der Waals surface area contributed by atoms with E-state index in [9.17, 15) is 18.0 Å². The molecule has 162 valence electrons. The molecule has 30 heavy (non-hydrogen) atoms. The molecule has 0 aromatic heterocycles. The van der Waals surface area contributed by atoms with Crippen molar-refractivity contribution in [2.45, 2.75) is 6.92 Å². The number of halogens is 1. The highest BCUT2D eigenvalue weighted by Gasteiger charge is 2.23. The molecule has 10 heteroatoms. The molecule has 2 amide bonds. The van der Waals surface area contributed by atoms with Gasteiger partial charge in [0.2, 0.25) is 15.9 Å². The van der Waals surface area contributed by atoms with E-state index in [1.807, 2.05) is 0 Å². The zero-order valence-corrected chi connectivity index (χ0v) is 18.5. The summed E-state index contributed by atoms with van der Waals surface area (Å²) in [5.74, 6) is -0.969. The van der Waals surface area contributed by atoms with Gasteiger partial charge in [-0.2, -0.15) is 0 Å². The summed E-state index contributed by atoms with van der Waals surface area (Å²) >= 11 is 5.95. The summed E-state index contributed by atoms with van der Waals surface area (Å²) in [5, 5.41) is 5.77. The van der Waals surface area contributed by atoms with Crippen molar-refractivity contribution >= 4 is 44.8 Å². The lowest BCUT2D eigenvalue weighted by Crippen LogP contribution is -2.38. The summed E-state index contributed by atoms with van der Waals surface area (Å²) in [4.78, 5) is 25.0. The maximum atomic E-state index is 12.7. The number of nitrogens with one attached hydrogen (secondary N) is 2. The van der Waals surface area contributed by atoms with E-state index < -0.39 is 22.5 Å². The van der Waals surface area contributed by atoms with Crippen LogP contribution >= 0.6 is 11.6 Å². The standard InChI is InChI=1S/C20H24ClN3O5S/c1-14-12-15(21)8-9-18(14)24(30(3,27)28)13-19(25)23-17-7-5-4-6-16(17)20(26)22-10-11-29-2/h4-9,12H,10-11,13H2,1-3H3,(H,22,26)(H,23,25). The smallest absolute Gasteiger partial charge is 0.253 e. The molecule has 0 saturated heterocycles. The Kier molecular flexibility index (Phi) is 8.22. The minimum Gasteiger partial charge on any atom is -0.383 e. The molecule has 0 bridgehead atoms. The highest BCUT2D eigenvalue weighted by atomic mass is 35.5. The van der Waals surface area contributed by atoms with Crippen molar-refractivity contribution in [2.75, 3.05) is 42.7 Å². The molecule has 8 nitrogen and oxygen atoms in total. The summed E-state index contributed by atoms with van der Waals surface area (Å²) in [5.41, 5.74) is 1.50. The van der Waals surface area contributed by atoms with Crippen LogP contribution in [-0.4, -0.2) is 53.3 Å². The van der Waals surface area contributed by atoms with Crippen LogP contribution in [0.4, 0.5) is 11.4 Å². The van der Waals surface area contributed by atoms with Crippen molar-refractivity contribution in [1.82, 2.24) is 5.32 Å². The van der Waals surface area contributed by atoms with Gasteiger partial charge in [-0.3, -0.25) is 13.9 Å². The van der Waals surface area contributed by atoms with Crippen LogP contribution < -0.4 is 14.9 Å². The second-order valence-electron chi connectivity index (χ2n) is 6.54. The topological polar surface area (TPSA) is 105 Å². The minimum atomic E-state index is -3.75. The highest BCUT2D eigenvalue weighted by molar-refractivity contribution is 7.92. The molecule has 0 unspecified atom stereocenters. The Balaban J connectivity index is 2.22. The van der Waals surface area contributed by atoms with Crippen LogP contribution in [0.25, 0.3) is 0 Å². The number of nitrogens with zero attached hydrogens (tertiary/aromatic N) is 1. The second kappa shape index (κ2) is 10.4. The number of benzene rings is 2. The number of carbonyl (C=O) groups is 2. The van der Waals surface area contributed by atoms with Gasteiger partial charge in [-0.15, -0.1) is 0 Å². The molecule has 0 aliphatic rings. The van der Waals surface area contributed by atoms with Crippen molar-refractivity contribution in [3.8, 4) is 0 Å². The number of sulfonamides is 1. The van der Waals surface area contributed by atoms with Crippen LogP contribution in [0.1, 0.15) is 15.9 Å².